The number of furan rings is 1. The maximum atomic E-state index is 6.81. The molecule has 49 heavy (non-hydrogen) atoms. The lowest BCUT2D eigenvalue weighted by atomic mass is 9.96. The van der Waals surface area contributed by atoms with E-state index in [0.717, 1.165) is 65.9 Å². The molecule has 2 heterocycles. The van der Waals surface area contributed by atoms with Crippen LogP contribution in [-0.4, -0.2) is 15.0 Å². The average Bonchev–Trinajstić information content (AvgIpc) is 3.54. The Morgan fingerprint density at radius 3 is 1.45 bits per heavy atom. The zero-order valence-corrected chi connectivity index (χ0v) is 26.3. The summed E-state index contributed by atoms with van der Waals surface area (Å²) in [5, 5.41) is 9.01. The zero-order valence-electron chi connectivity index (χ0n) is 26.3. The zero-order chi connectivity index (χ0) is 32.3. The molecule has 0 atom stereocenters. The first-order valence-electron chi connectivity index (χ1n) is 16.4. The quantitative estimate of drug-likeness (QED) is 0.195. The average molecular weight is 626 g/mol. The molecule has 0 aliphatic heterocycles. The molecule has 8 aromatic carbocycles. The molecule has 0 N–H and O–H groups in total. The van der Waals surface area contributed by atoms with Gasteiger partial charge in [-0.05, 0) is 73.8 Å². The van der Waals surface area contributed by atoms with Crippen LogP contribution in [0.15, 0.2) is 168 Å². The van der Waals surface area contributed by atoms with Crippen LogP contribution in [-0.2, 0) is 0 Å². The Labute approximate surface area is 282 Å². The molecule has 4 nitrogen and oxygen atoms in total. The van der Waals surface area contributed by atoms with Gasteiger partial charge in [-0.3, -0.25) is 0 Å². The molecule has 10 rings (SSSR count). The number of hydrogen-bond acceptors (Lipinski definition) is 4. The summed E-state index contributed by atoms with van der Waals surface area (Å²) in [6, 6.07) is 57.0. The van der Waals surface area contributed by atoms with Gasteiger partial charge in [-0.15, -0.1) is 0 Å². The largest absolute Gasteiger partial charge is 0.455 e. The van der Waals surface area contributed by atoms with E-state index in [-0.39, 0.29) is 0 Å². The molecule has 0 radical (unpaired) electrons. The van der Waals surface area contributed by atoms with Crippen molar-refractivity contribution in [2.75, 3.05) is 0 Å². The predicted molar refractivity (Wildman–Crippen MR) is 201 cm³/mol. The van der Waals surface area contributed by atoms with Gasteiger partial charge in [-0.2, -0.15) is 0 Å². The number of fused-ring (bicyclic) bond motifs is 6. The molecule has 4 heteroatoms. The summed E-state index contributed by atoms with van der Waals surface area (Å²) >= 11 is 0. The van der Waals surface area contributed by atoms with Gasteiger partial charge in [0.05, 0.1) is 5.56 Å². The van der Waals surface area contributed by atoms with Crippen LogP contribution in [0.2, 0.25) is 0 Å². The topological polar surface area (TPSA) is 51.8 Å². The predicted octanol–water partition coefficient (Wildman–Crippen LogP) is 11.9. The van der Waals surface area contributed by atoms with Crippen molar-refractivity contribution in [3.8, 4) is 45.3 Å². The Morgan fingerprint density at radius 1 is 0.347 bits per heavy atom. The van der Waals surface area contributed by atoms with Gasteiger partial charge in [-0.25, -0.2) is 15.0 Å². The lowest BCUT2D eigenvalue weighted by Crippen LogP contribution is -2.00. The van der Waals surface area contributed by atoms with Gasteiger partial charge in [0.2, 0.25) is 0 Å². The summed E-state index contributed by atoms with van der Waals surface area (Å²) in [7, 11) is 0. The fourth-order valence-electron chi connectivity index (χ4n) is 7.01. The highest BCUT2D eigenvalue weighted by atomic mass is 16.3. The number of nitrogens with zero attached hydrogens (tertiary/aromatic N) is 3. The van der Waals surface area contributed by atoms with Crippen molar-refractivity contribution >= 4 is 54.3 Å². The summed E-state index contributed by atoms with van der Waals surface area (Å²) in [5.74, 6) is 1.79. The molecule has 0 saturated carbocycles. The van der Waals surface area contributed by atoms with Gasteiger partial charge < -0.3 is 4.42 Å². The first kappa shape index (κ1) is 27.5. The molecule has 0 saturated heterocycles. The van der Waals surface area contributed by atoms with Gasteiger partial charge in [0.15, 0.2) is 17.5 Å². The van der Waals surface area contributed by atoms with Crippen LogP contribution in [0.3, 0.4) is 0 Å². The van der Waals surface area contributed by atoms with E-state index in [4.69, 9.17) is 19.4 Å². The summed E-state index contributed by atoms with van der Waals surface area (Å²) in [5.41, 5.74) is 6.49. The van der Waals surface area contributed by atoms with Gasteiger partial charge in [0, 0.05) is 21.9 Å². The molecule has 2 aromatic heterocycles. The van der Waals surface area contributed by atoms with Gasteiger partial charge in [-0.1, -0.05) is 133 Å². The Hall–Kier alpha value is -6.65. The number of benzene rings is 8. The first-order valence-corrected chi connectivity index (χ1v) is 16.4. The summed E-state index contributed by atoms with van der Waals surface area (Å²) in [4.78, 5) is 15.4. The van der Waals surface area contributed by atoms with Crippen LogP contribution in [0, 0.1) is 0 Å². The molecule has 0 bridgehead atoms. The molecular formula is C45H27N3O. The molecule has 0 fully saturated rings. The van der Waals surface area contributed by atoms with Crippen LogP contribution in [0.4, 0.5) is 0 Å². The van der Waals surface area contributed by atoms with E-state index in [9.17, 15) is 0 Å². The molecule has 228 valence electrons. The maximum absolute atomic E-state index is 6.81. The fraction of sp³-hybridized carbons (Fsp3) is 0. The summed E-state index contributed by atoms with van der Waals surface area (Å²) < 4.78 is 6.81. The Kier molecular flexibility index (Phi) is 6.15. The Morgan fingerprint density at radius 2 is 0.837 bits per heavy atom. The Bertz CT molecular complexity index is 2790. The van der Waals surface area contributed by atoms with Crippen LogP contribution >= 0.6 is 0 Å². The lowest BCUT2D eigenvalue weighted by molar-refractivity contribution is 0.670. The molecule has 0 aliphatic carbocycles. The maximum Gasteiger partial charge on any atom is 0.167 e. The van der Waals surface area contributed by atoms with Crippen LogP contribution < -0.4 is 0 Å². The first-order chi connectivity index (χ1) is 24.2. The standard InChI is InChI=1S/C45H27N3O/c1-2-12-30(13-3-1)37-22-23-38(42-41(37)39-26-33-16-8-9-17-34(33)27-40(39)49-42)45-47-43(35-20-18-28-10-4-6-14-31(28)24-35)46-44(48-45)36-21-19-29-11-5-7-15-32(29)25-36/h1-27H. The van der Waals surface area contributed by atoms with E-state index in [1.807, 2.05) is 6.07 Å². The third-order valence-electron chi connectivity index (χ3n) is 9.46. The number of aromatic nitrogens is 3. The minimum atomic E-state index is 0.564. The highest BCUT2D eigenvalue weighted by Crippen LogP contribution is 2.43. The van der Waals surface area contributed by atoms with E-state index in [1.165, 1.54) is 16.2 Å². The van der Waals surface area contributed by atoms with Crippen molar-refractivity contribution in [3.05, 3.63) is 164 Å². The third kappa shape index (κ3) is 4.65. The molecule has 0 spiro atoms. The normalized spacial score (nSPS) is 11.7. The van der Waals surface area contributed by atoms with Gasteiger partial charge in [0.25, 0.3) is 0 Å². The monoisotopic (exact) mass is 625 g/mol. The second-order valence-electron chi connectivity index (χ2n) is 12.5. The van der Waals surface area contributed by atoms with Gasteiger partial charge in [0.1, 0.15) is 11.2 Å². The lowest BCUT2D eigenvalue weighted by Gasteiger charge is -2.11. The summed E-state index contributed by atoms with van der Waals surface area (Å²) in [6.07, 6.45) is 0. The van der Waals surface area contributed by atoms with E-state index < -0.39 is 0 Å². The number of rotatable bonds is 4. The van der Waals surface area contributed by atoms with Crippen LogP contribution in [0.1, 0.15) is 0 Å². The van der Waals surface area contributed by atoms with Crippen LogP contribution in [0.5, 0.6) is 0 Å². The smallest absolute Gasteiger partial charge is 0.167 e. The van der Waals surface area contributed by atoms with Crippen LogP contribution in [0.25, 0.3) is 99.5 Å². The van der Waals surface area contributed by atoms with E-state index >= 15 is 0 Å². The van der Waals surface area contributed by atoms with Crippen molar-refractivity contribution in [1.82, 2.24) is 15.0 Å². The van der Waals surface area contributed by atoms with Crippen molar-refractivity contribution in [2.45, 2.75) is 0 Å². The van der Waals surface area contributed by atoms with Crippen molar-refractivity contribution in [3.63, 3.8) is 0 Å². The fourth-order valence-corrected chi connectivity index (χ4v) is 7.01. The minimum Gasteiger partial charge on any atom is -0.455 e. The SMILES string of the molecule is c1ccc(-c2ccc(-c3nc(-c4ccc5ccccc5c4)nc(-c4ccc5ccccc5c4)n3)c3oc4cc5ccccc5cc4c23)cc1. The highest BCUT2D eigenvalue weighted by Gasteiger charge is 2.21. The molecule has 10 aromatic rings. The van der Waals surface area contributed by atoms with Crippen molar-refractivity contribution < 1.29 is 4.42 Å². The van der Waals surface area contributed by atoms with Crippen molar-refractivity contribution in [2.24, 2.45) is 0 Å². The molecule has 0 unspecified atom stereocenters. The van der Waals surface area contributed by atoms with E-state index in [0.29, 0.717) is 17.5 Å². The molecular weight excluding hydrogens is 599 g/mol. The molecule has 0 aliphatic rings. The molecule has 0 amide bonds. The van der Waals surface area contributed by atoms with E-state index in [1.54, 1.807) is 0 Å². The third-order valence-corrected chi connectivity index (χ3v) is 9.46. The summed E-state index contributed by atoms with van der Waals surface area (Å²) in [6.45, 7) is 0. The highest BCUT2D eigenvalue weighted by molar-refractivity contribution is 6.18. The minimum absolute atomic E-state index is 0.564. The van der Waals surface area contributed by atoms with Gasteiger partial charge >= 0.3 is 0 Å². The van der Waals surface area contributed by atoms with Crippen molar-refractivity contribution in [1.29, 1.82) is 0 Å². The number of hydrogen-bond donors (Lipinski definition) is 0. The second kappa shape index (κ2) is 11.0. The van der Waals surface area contributed by atoms with E-state index in [2.05, 4.69) is 158 Å². The Balaban J connectivity index is 1.26. The second-order valence-corrected chi connectivity index (χ2v) is 12.5.